The zero-order valence-electron chi connectivity index (χ0n) is 19.1. The fraction of sp³-hybridized carbons (Fsp3) is 0.652. The van der Waals surface area contributed by atoms with Crippen LogP contribution >= 0.6 is 0 Å². The fourth-order valence-corrected chi connectivity index (χ4v) is 3.74. The van der Waals surface area contributed by atoms with Crippen LogP contribution in [0.1, 0.15) is 51.7 Å². The molecule has 0 bridgehead atoms. The van der Waals surface area contributed by atoms with Crippen LogP contribution in [0, 0.1) is 0 Å². The van der Waals surface area contributed by atoms with Crippen LogP contribution in [0.5, 0.6) is 0 Å². The van der Waals surface area contributed by atoms with E-state index in [1.165, 1.54) is 20.9 Å². The van der Waals surface area contributed by atoms with E-state index in [0.717, 1.165) is 32.7 Å². The van der Waals surface area contributed by atoms with Gasteiger partial charge in [0.05, 0.1) is 33.2 Å². The van der Waals surface area contributed by atoms with Crippen molar-refractivity contribution in [3.63, 3.8) is 0 Å². The number of likely N-dealkylation sites (N-methyl/N-ethyl adjacent to an activating group) is 1. The average Bonchev–Trinajstić information content (AvgIpc) is 2.61. The molecule has 0 aliphatic carbocycles. The zero-order valence-corrected chi connectivity index (χ0v) is 19.1. The second kappa shape index (κ2) is 10.2. The van der Waals surface area contributed by atoms with Crippen LogP contribution in [0.15, 0.2) is 24.3 Å². The molecule has 1 unspecified atom stereocenters. The summed E-state index contributed by atoms with van der Waals surface area (Å²) in [6.45, 7) is 15.3. The molecule has 6 heteroatoms. The number of amides is 2. The summed E-state index contributed by atoms with van der Waals surface area (Å²) in [4.78, 5) is 29.2. The summed E-state index contributed by atoms with van der Waals surface area (Å²) in [5.41, 5.74) is 2.41. The topological polar surface area (TPSA) is 58.3 Å². The molecule has 0 radical (unpaired) electrons. The Morgan fingerprint density at radius 2 is 1.72 bits per heavy atom. The highest BCUT2D eigenvalue weighted by Gasteiger charge is 2.27. The molecule has 29 heavy (non-hydrogen) atoms. The Labute approximate surface area is 176 Å². The molecule has 3 N–H and O–H groups in total. The Morgan fingerprint density at radius 1 is 1.14 bits per heavy atom. The molecular formula is C23H40N4O2+2. The third kappa shape index (κ3) is 8.15. The first-order valence-electron chi connectivity index (χ1n) is 10.9. The molecule has 1 fully saturated rings. The number of hydrogen-bond donors (Lipinski definition) is 3. The normalized spacial score (nSPS) is 16.7. The van der Waals surface area contributed by atoms with Gasteiger partial charge in [-0.05, 0) is 32.3 Å². The predicted octanol–water partition coefficient (Wildman–Crippen LogP) is -0.533. The molecule has 0 saturated carbocycles. The van der Waals surface area contributed by atoms with Gasteiger partial charge in [-0.25, -0.2) is 0 Å². The lowest BCUT2D eigenvalue weighted by Gasteiger charge is -2.32. The van der Waals surface area contributed by atoms with Crippen LogP contribution in [-0.4, -0.2) is 68.6 Å². The van der Waals surface area contributed by atoms with E-state index in [2.05, 4.69) is 50.5 Å². The minimum absolute atomic E-state index is 0.0833. The predicted molar refractivity (Wildman–Crippen MR) is 116 cm³/mol. The molecular weight excluding hydrogens is 364 g/mol. The number of carbonyl (C=O) groups is 2. The summed E-state index contributed by atoms with van der Waals surface area (Å²) < 4.78 is 0. The molecule has 1 aromatic rings. The number of nitrogens with one attached hydrogen (secondary N) is 3. The van der Waals surface area contributed by atoms with Crippen LogP contribution in [0.4, 0.5) is 0 Å². The van der Waals surface area contributed by atoms with Gasteiger partial charge in [-0.15, -0.1) is 0 Å². The second-order valence-electron chi connectivity index (χ2n) is 9.81. The highest BCUT2D eigenvalue weighted by Crippen LogP contribution is 2.14. The van der Waals surface area contributed by atoms with Gasteiger partial charge in [0.15, 0.2) is 13.1 Å². The Hall–Kier alpha value is -1.92. The van der Waals surface area contributed by atoms with E-state index in [1.807, 2.05) is 25.7 Å². The minimum atomic E-state index is -0.198. The SMILES string of the molecule is CC(C)c1ccc(C[NH+](C)CC(=O)N2CC[NH+](CC(=O)NC(C)(C)C)CC2)cc1. The smallest absolute Gasteiger partial charge is 0.278 e. The van der Waals surface area contributed by atoms with Crippen LogP contribution in [0.25, 0.3) is 0 Å². The van der Waals surface area contributed by atoms with Crippen LogP contribution in [0.2, 0.25) is 0 Å². The molecule has 1 aromatic carbocycles. The summed E-state index contributed by atoms with van der Waals surface area (Å²) in [6.07, 6.45) is 0. The van der Waals surface area contributed by atoms with E-state index in [9.17, 15) is 9.59 Å². The molecule has 1 saturated heterocycles. The van der Waals surface area contributed by atoms with Gasteiger partial charge in [0.25, 0.3) is 11.8 Å². The number of hydrogen-bond acceptors (Lipinski definition) is 2. The van der Waals surface area contributed by atoms with Gasteiger partial charge < -0.3 is 20.0 Å². The van der Waals surface area contributed by atoms with Crippen molar-refractivity contribution in [2.45, 2.75) is 52.6 Å². The monoisotopic (exact) mass is 404 g/mol. The van der Waals surface area contributed by atoms with Gasteiger partial charge in [-0.3, -0.25) is 9.59 Å². The molecule has 0 aromatic heterocycles. The van der Waals surface area contributed by atoms with E-state index in [-0.39, 0.29) is 17.4 Å². The van der Waals surface area contributed by atoms with E-state index in [0.29, 0.717) is 19.0 Å². The van der Waals surface area contributed by atoms with Gasteiger partial charge in [-0.1, -0.05) is 38.1 Å². The van der Waals surface area contributed by atoms with Crippen molar-refractivity contribution in [3.05, 3.63) is 35.4 Å². The quantitative estimate of drug-likeness (QED) is 0.572. The zero-order chi connectivity index (χ0) is 21.6. The number of benzene rings is 1. The molecule has 1 atom stereocenters. The number of quaternary nitrogens is 2. The summed E-state index contributed by atoms with van der Waals surface area (Å²) >= 11 is 0. The van der Waals surface area contributed by atoms with Gasteiger partial charge in [0.1, 0.15) is 6.54 Å². The lowest BCUT2D eigenvalue weighted by Crippen LogP contribution is -3.16. The van der Waals surface area contributed by atoms with Crippen LogP contribution in [-0.2, 0) is 16.1 Å². The highest BCUT2D eigenvalue weighted by atomic mass is 16.2. The maximum Gasteiger partial charge on any atom is 0.278 e. The molecule has 1 heterocycles. The van der Waals surface area contributed by atoms with Crippen molar-refractivity contribution in [3.8, 4) is 0 Å². The summed E-state index contributed by atoms with van der Waals surface area (Å²) in [5.74, 6) is 0.829. The lowest BCUT2D eigenvalue weighted by molar-refractivity contribution is -0.897. The van der Waals surface area contributed by atoms with E-state index < -0.39 is 0 Å². The largest absolute Gasteiger partial charge is 0.347 e. The van der Waals surface area contributed by atoms with Crippen molar-refractivity contribution >= 4 is 11.8 Å². The first kappa shape index (κ1) is 23.4. The fourth-order valence-electron chi connectivity index (χ4n) is 3.74. The Balaban J connectivity index is 1.74. The van der Waals surface area contributed by atoms with Gasteiger partial charge in [0.2, 0.25) is 0 Å². The number of carbonyl (C=O) groups excluding carboxylic acids is 2. The Morgan fingerprint density at radius 3 is 2.24 bits per heavy atom. The van der Waals surface area contributed by atoms with Gasteiger partial charge in [-0.2, -0.15) is 0 Å². The van der Waals surface area contributed by atoms with Crippen molar-refractivity contribution in [1.82, 2.24) is 10.2 Å². The summed E-state index contributed by atoms with van der Waals surface area (Å²) in [5, 5.41) is 3.02. The molecule has 6 nitrogen and oxygen atoms in total. The lowest BCUT2D eigenvalue weighted by atomic mass is 10.0. The van der Waals surface area contributed by atoms with E-state index >= 15 is 0 Å². The molecule has 2 rings (SSSR count). The molecule has 1 aliphatic heterocycles. The van der Waals surface area contributed by atoms with Crippen molar-refractivity contribution in [2.75, 3.05) is 46.3 Å². The average molecular weight is 405 g/mol. The number of piperazine rings is 1. The highest BCUT2D eigenvalue weighted by molar-refractivity contribution is 5.78. The van der Waals surface area contributed by atoms with Gasteiger partial charge in [0, 0.05) is 11.1 Å². The number of rotatable bonds is 7. The standard InChI is InChI=1S/C23H38N4O2/c1-18(2)20-9-7-19(8-10-20)15-25(6)17-22(29)27-13-11-26(12-14-27)16-21(28)24-23(3,4)5/h7-10,18H,11-17H2,1-6H3,(H,24,28)/p+2. The third-order valence-corrected chi connectivity index (χ3v) is 5.35. The number of nitrogens with zero attached hydrogens (tertiary/aromatic N) is 1. The third-order valence-electron chi connectivity index (χ3n) is 5.35. The van der Waals surface area contributed by atoms with Crippen molar-refractivity contribution in [2.24, 2.45) is 0 Å². The Bertz CT molecular complexity index is 671. The van der Waals surface area contributed by atoms with Crippen LogP contribution < -0.4 is 15.1 Å². The second-order valence-corrected chi connectivity index (χ2v) is 9.81. The minimum Gasteiger partial charge on any atom is -0.347 e. The molecule has 0 spiro atoms. The van der Waals surface area contributed by atoms with Crippen molar-refractivity contribution in [1.29, 1.82) is 0 Å². The van der Waals surface area contributed by atoms with Crippen LogP contribution in [0.3, 0.4) is 0 Å². The first-order chi connectivity index (χ1) is 13.5. The maximum atomic E-state index is 12.7. The molecule has 1 aliphatic rings. The van der Waals surface area contributed by atoms with Crippen molar-refractivity contribution < 1.29 is 19.4 Å². The van der Waals surface area contributed by atoms with E-state index in [1.54, 1.807) is 0 Å². The molecule has 2 amide bonds. The molecule has 162 valence electrons. The van der Waals surface area contributed by atoms with E-state index in [4.69, 9.17) is 0 Å². The summed E-state index contributed by atoms with van der Waals surface area (Å²) in [6, 6.07) is 8.72. The summed E-state index contributed by atoms with van der Waals surface area (Å²) in [7, 11) is 2.08. The Kier molecular flexibility index (Phi) is 8.23. The first-order valence-corrected chi connectivity index (χ1v) is 10.9. The maximum absolute atomic E-state index is 12.7. The van der Waals surface area contributed by atoms with Gasteiger partial charge >= 0.3 is 0 Å².